The predicted molar refractivity (Wildman–Crippen MR) is 54.8 cm³/mol. The van der Waals surface area contributed by atoms with Gasteiger partial charge in [0.1, 0.15) is 0 Å². The molecule has 0 radical (unpaired) electrons. The Balaban J connectivity index is 3.86. The summed E-state index contributed by atoms with van der Waals surface area (Å²) >= 11 is 0. The van der Waals surface area contributed by atoms with Crippen molar-refractivity contribution in [2.45, 2.75) is 13.3 Å². The van der Waals surface area contributed by atoms with Crippen molar-refractivity contribution < 1.29 is 9.53 Å². The molecule has 2 heteroatoms. The lowest BCUT2D eigenvalue weighted by atomic mass is 10.4. The van der Waals surface area contributed by atoms with E-state index in [-0.39, 0.29) is 12.4 Å². The Morgan fingerprint density at radius 2 is 2.00 bits per heavy atom. The number of carbonyl (C=O) groups excluding carboxylic acids is 1. The molecule has 0 aromatic rings. The molecule has 0 aliphatic heterocycles. The fourth-order valence-corrected chi connectivity index (χ4v) is 0.500. The molecular weight excluding hydrogens is 176 g/mol. The molecule has 0 aliphatic rings. The Morgan fingerprint density at radius 3 is 2.64 bits per heavy atom. The summed E-state index contributed by atoms with van der Waals surface area (Å²) in [6, 6.07) is 0. The van der Waals surface area contributed by atoms with Crippen LogP contribution in [0.1, 0.15) is 13.3 Å². The summed E-state index contributed by atoms with van der Waals surface area (Å²) in [5.41, 5.74) is 0. The van der Waals surface area contributed by atoms with Crippen molar-refractivity contribution >= 4 is 5.97 Å². The van der Waals surface area contributed by atoms with Gasteiger partial charge in [0.25, 0.3) is 0 Å². The number of hydrogen-bond acceptors (Lipinski definition) is 2. The smallest absolute Gasteiger partial charge is 0.309 e. The molecule has 0 N–H and O–H groups in total. The Bertz CT molecular complexity index is 383. The van der Waals surface area contributed by atoms with Gasteiger partial charge in [0.2, 0.25) is 0 Å². The van der Waals surface area contributed by atoms with Gasteiger partial charge >= 0.3 is 5.97 Å². The number of hydrogen-bond donors (Lipinski definition) is 0. The van der Waals surface area contributed by atoms with Gasteiger partial charge in [0.15, 0.2) is 0 Å². The van der Waals surface area contributed by atoms with Crippen LogP contribution >= 0.6 is 0 Å². The Kier molecular flexibility index (Phi) is 7.63. The maximum absolute atomic E-state index is 10.6. The minimum absolute atomic E-state index is 0.230. The van der Waals surface area contributed by atoms with Crippen molar-refractivity contribution in [3.8, 4) is 35.5 Å². The number of ether oxygens (including phenoxy) is 1. The van der Waals surface area contributed by atoms with Gasteiger partial charge in [0.05, 0.1) is 13.5 Å². The molecule has 14 heavy (non-hydrogen) atoms. The summed E-state index contributed by atoms with van der Waals surface area (Å²) in [5.74, 6) is 15.2. The number of allylic oxidation sites excluding steroid dienone is 1. The molecular formula is C12H10O2. The first kappa shape index (κ1) is 11.9. The van der Waals surface area contributed by atoms with Crippen LogP contribution in [-0.2, 0) is 9.53 Å². The van der Waals surface area contributed by atoms with Gasteiger partial charge in [-0.1, -0.05) is 17.9 Å². The summed E-state index contributed by atoms with van der Waals surface area (Å²) in [5, 5.41) is 0. The number of carbonyl (C=O) groups is 1. The largest absolute Gasteiger partial charge is 0.469 e. The van der Waals surface area contributed by atoms with Gasteiger partial charge in [-0.2, -0.15) is 0 Å². The van der Waals surface area contributed by atoms with Crippen LogP contribution in [-0.4, -0.2) is 13.1 Å². The maximum atomic E-state index is 10.6. The van der Waals surface area contributed by atoms with Crippen molar-refractivity contribution in [1.82, 2.24) is 0 Å². The van der Waals surface area contributed by atoms with Crippen LogP contribution < -0.4 is 0 Å². The standard InChI is InChI=1S/C12H10O2/c1-3-4-5-6-7-8-9-10-11-12(13)14-2/h9-10H,11H2,1-2H3. The van der Waals surface area contributed by atoms with Crippen LogP contribution in [0.2, 0.25) is 0 Å². The van der Waals surface area contributed by atoms with Crippen LogP contribution in [0.15, 0.2) is 12.2 Å². The van der Waals surface area contributed by atoms with Crippen LogP contribution in [0.4, 0.5) is 0 Å². The van der Waals surface area contributed by atoms with Gasteiger partial charge < -0.3 is 4.74 Å². The van der Waals surface area contributed by atoms with Crippen molar-refractivity contribution in [2.75, 3.05) is 7.11 Å². The summed E-state index contributed by atoms with van der Waals surface area (Å²) in [7, 11) is 1.34. The molecule has 0 aromatic heterocycles. The van der Waals surface area contributed by atoms with E-state index in [4.69, 9.17) is 0 Å². The first-order valence-electron chi connectivity index (χ1n) is 3.95. The maximum Gasteiger partial charge on any atom is 0.309 e. The Morgan fingerprint density at radius 1 is 1.29 bits per heavy atom. The third kappa shape index (κ3) is 7.99. The third-order valence-corrected chi connectivity index (χ3v) is 1.10. The minimum Gasteiger partial charge on any atom is -0.469 e. The molecule has 0 rings (SSSR count). The topological polar surface area (TPSA) is 26.3 Å². The molecule has 0 spiro atoms. The van der Waals surface area contributed by atoms with Crippen LogP contribution in [0.25, 0.3) is 0 Å². The minimum atomic E-state index is -0.286. The third-order valence-electron chi connectivity index (χ3n) is 1.10. The second-order valence-electron chi connectivity index (χ2n) is 2.08. The summed E-state index contributed by atoms with van der Waals surface area (Å²) < 4.78 is 4.43. The van der Waals surface area contributed by atoms with Gasteiger partial charge in [-0.25, -0.2) is 0 Å². The van der Waals surface area contributed by atoms with E-state index >= 15 is 0 Å². The normalized spacial score (nSPS) is 7.29. The molecule has 70 valence electrons. The van der Waals surface area contributed by atoms with Gasteiger partial charge in [-0.15, -0.1) is 0 Å². The highest BCUT2D eigenvalue weighted by Gasteiger charge is 1.91. The molecule has 0 heterocycles. The molecule has 0 atom stereocenters. The molecule has 0 fully saturated rings. The van der Waals surface area contributed by atoms with E-state index in [9.17, 15) is 4.79 Å². The fraction of sp³-hybridized carbons (Fsp3) is 0.250. The van der Waals surface area contributed by atoms with E-state index in [2.05, 4.69) is 40.3 Å². The summed E-state index contributed by atoms with van der Waals surface area (Å²) in [4.78, 5) is 10.6. The zero-order valence-electron chi connectivity index (χ0n) is 8.18. The summed E-state index contributed by atoms with van der Waals surface area (Å²) in [6.07, 6.45) is 3.41. The van der Waals surface area contributed by atoms with Gasteiger partial charge in [-0.05, 0) is 36.7 Å². The number of rotatable bonds is 2. The molecule has 0 aliphatic carbocycles. The molecule has 0 amide bonds. The molecule has 0 saturated heterocycles. The van der Waals surface area contributed by atoms with E-state index in [1.807, 2.05) is 0 Å². The van der Waals surface area contributed by atoms with E-state index in [1.165, 1.54) is 7.11 Å². The van der Waals surface area contributed by atoms with E-state index in [0.29, 0.717) is 0 Å². The van der Waals surface area contributed by atoms with Crippen molar-refractivity contribution in [1.29, 1.82) is 0 Å². The van der Waals surface area contributed by atoms with E-state index in [0.717, 1.165) is 0 Å². The average molecular weight is 186 g/mol. The summed E-state index contributed by atoms with van der Waals surface area (Å²) in [6.45, 7) is 1.71. The van der Waals surface area contributed by atoms with Crippen molar-refractivity contribution in [2.24, 2.45) is 0 Å². The first-order valence-corrected chi connectivity index (χ1v) is 3.95. The van der Waals surface area contributed by atoms with Gasteiger partial charge in [0, 0.05) is 0 Å². The number of esters is 1. The van der Waals surface area contributed by atoms with Crippen LogP contribution in [0.3, 0.4) is 0 Å². The van der Waals surface area contributed by atoms with Crippen molar-refractivity contribution in [3.05, 3.63) is 12.2 Å². The highest BCUT2D eigenvalue weighted by Crippen LogP contribution is 1.84. The lowest BCUT2D eigenvalue weighted by Crippen LogP contribution is -1.96. The molecule has 0 aromatic carbocycles. The predicted octanol–water partition coefficient (Wildman–Crippen LogP) is 1.14. The molecule has 0 bridgehead atoms. The molecule has 0 unspecified atom stereocenters. The zero-order valence-corrected chi connectivity index (χ0v) is 8.18. The molecule has 2 nitrogen and oxygen atoms in total. The quantitative estimate of drug-likeness (QED) is 0.477. The van der Waals surface area contributed by atoms with Crippen LogP contribution in [0.5, 0.6) is 0 Å². The Hall–Kier alpha value is -2.11. The second kappa shape index (κ2) is 8.98. The average Bonchev–Trinajstić information content (AvgIpc) is 2.21. The zero-order chi connectivity index (χ0) is 10.6. The highest BCUT2D eigenvalue weighted by molar-refractivity contribution is 5.71. The van der Waals surface area contributed by atoms with E-state index < -0.39 is 0 Å². The fourth-order valence-electron chi connectivity index (χ4n) is 0.500. The van der Waals surface area contributed by atoms with Crippen molar-refractivity contribution in [3.63, 3.8) is 0 Å². The highest BCUT2D eigenvalue weighted by atomic mass is 16.5. The monoisotopic (exact) mass is 186 g/mol. The van der Waals surface area contributed by atoms with Gasteiger partial charge in [-0.3, -0.25) is 4.79 Å². The number of methoxy groups -OCH3 is 1. The Labute approximate surface area is 84.3 Å². The molecule has 0 saturated carbocycles. The second-order valence-corrected chi connectivity index (χ2v) is 2.08. The van der Waals surface area contributed by atoms with Crippen LogP contribution in [0, 0.1) is 35.5 Å². The SMILES string of the molecule is CC#CC#CC#CC=CCC(=O)OC. The lowest BCUT2D eigenvalue weighted by molar-refractivity contribution is -0.139. The first-order chi connectivity index (χ1) is 6.81. The van der Waals surface area contributed by atoms with E-state index in [1.54, 1.807) is 19.1 Å². The lowest BCUT2D eigenvalue weighted by Gasteiger charge is -1.89.